The second-order valence-electron chi connectivity index (χ2n) is 6.38. The van der Waals surface area contributed by atoms with E-state index in [0.717, 1.165) is 38.9 Å². The van der Waals surface area contributed by atoms with Gasteiger partial charge in [-0.3, -0.25) is 4.79 Å². The van der Waals surface area contributed by atoms with Crippen molar-refractivity contribution in [2.75, 3.05) is 33.8 Å². The Hall–Kier alpha value is -0.650. The van der Waals surface area contributed by atoms with E-state index in [-0.39, 0.29) is 5.60 Å². The fraction of sp³-hybridized carbons (Fsp3) is 0.933. The van der Waals surface area contributed by atoms with Gasteiger partial charge in [-0.15, -0.1) is 0 Å². The Morgan fingerprint density at radius 1 is 1.50 bits per heavy atom. The molecule has 0 amide bonds. The van der Waals surface area contributed by atoms with Gasteiger partial charge < -0.3 is 20.1 Å². The Balaban J connectivity index is 2.29. The molecule has 0 bridgehead atoms. The number of aliphatic carboxylic acids is 1. The molecule has 0 aromatic carbocycles. The van der Waals surface area contributed by atoms with Gasteiger partial charge in [-0.1, -0.05) is 0 Å². The summed E-state index contributed by atoms with van der Waals surface area (Å²) in [6.07, 6.45) is 4.91. The van der Waals surface area contributed by atoms with E-state index < -0.39 is 11.5 Å². The third kappa shape index (κ3) is 4.72. The lowest BCUT2D eigenvalue weighted by Crippen LogP contribution is -2.48. The minimum atomic E-state index is -0.803. The molecular weight excluding hydrogens is 256 g/mol. The standard InChI is InChI=1S/C15H30N2O3/c1-14(20-4)8-7-11-17(12-14)10-6-5-9-15(2,16-3)13(18)19/h16H,5-12H2,1-4H3,(H,18,19). The van der Waals surface area contributed by atoms with Crippen LogP contribution in [0.5, 0.6) is 0 Å². The molecule has 1 aliphatic rings. The molecule has 0 aliphatic carbocycles. The third-order valence-electron chi connectivity index (χ3n) is 4.66. The number of carboxylic acids is 1. The molecule has 118 valence electrons. The molecule has 2 unspecified atom stereocenters. The minimum absolute atomic E-state index is 0.0151. The second-order valence-corrected chi connectivity index (χ2v) is 6.38. The first kappa shape index (κ1) is 17.4. The van der Waals surface area contributed by atoms with Gasteiger partial charge in [0.1, 0.15) is 5.54 Å². The number of carbonyl (C=O) groups is 1. The SMILES string of the molecule is CNC(C)(CCCCN1CCCC(C)(OC)C1)C(=O)O. The number of likely N-dealkylation sites (N-methyl/N-ethyl adjacent to an activating group) is 1. The molecule has 1 fully saturated rings. The molecule has 2 N–H and O–H groups in total. The number of carboxylic acid groups (broad SMARTS) is 1. The molecule has 5 heteroatoms. The number of hydrogen-bond acceptors (Lipinski definition) is 4. The molecule has 2 atom stereocenters. The van der Waals surface area contributed by atoms with Gasteiger partial charge in [0.25, 0.3) is 0 Å². The number of hydrogen-bond donors (Lipinski definition) is 2. The second kappa shape index (κ2) is 7.38. The van der Waals surface area contributed by atoms with Crippen molar-refractivity contribution in [3.63, 3.8) is 0 Å². The Morgan fingerprint density at radius 2 is 2.20 bits per heavy atom. The molecule has 1 rings (SSSR count). The molecule has 1 aliphatic heterocycles. The molecule has 0 spiro atoms. The maximum atomic E-state index is 11.2. The van der Waals surface area contributed by atoms with Crippen LogP contribution >= 0.6 is 0 Å². The number of ether oxygens (including phenoxy) is 1. The average Bonchev–Trinajstić information content (AvgIpc) is 2.43. The largest absolute Gasteiger partial charge is 0.480 e. The number of rotatable bonds is 8. The fourth-order valence-electron chi connectivity index (χ4n) is 2.82. The highest BCUT2D eigenvalue weighted by Gasteiger charge is 2.32. The van der Waals surface area contributed by atoms with Gasteiger partial charge in [0.05, 0.1) is 5.60 Å². The minimum Gasteiger partial charge on any atom is -0.480 e. The Kier molecular flexibility index (Phi) is 6.43. The van der Waals surface area contributed by atoms with Gasteiger partial charge in [-0.05, 0) is 66.1 Å². The van der Waals surface area contributed by atoms with Crippen molar-refractivity contribution in [3.05, 3.63) is 0 Å². The zero-order valence-electron chi connectivity index (χ0n) is 13.4. The van der Waals surface area contributed by atoms with Gasteiger partial charge in [0.2, 0.25) is 0 Å². The third-order valence-corrected chi connectivity index (χ3v) is 4.66. The van der Waals surface area contributed by atoms with Gasteiger partial charge in [0, 0.05) is 13.7 Å². The van der Waals surface area contributed by atoms with Crippen LogP contribution in [0.25, 0.3) is 0 Å². The van der Waals surface area contributed by atoms with E-state index in [1.54, 1.807) is 21.1 Å². The number of nitrogens with zero attached hydrogens (tertiary/aromatic N) is 1. The smallest absolute Gasteiger partial charge is 0.323 e. The zero-order chi connectivity index (χ0) is 15.2. The number of likely N-dealkylation sites (tertiary alicyclic amines) is 1. The Bertz CT molecular complexity index is 324. The summed E-state index contributed by atoms with van der Waals surface area (Å²) in [6.45, 7) is 7.05. The maximum absolute atomic E-state index is 11.2. The quantitative estimate of drug-likeness (QED) is 0.665. The topological polar surface area (TPSA) is 61.8 Å². The first-order chi connectivity index (χ1) is 9.35. The molecule has 0 radical (unpaired) electrons. The van der Waals surface area contributed by atoms with Crippen LogP contribution in [-0.2, 0) is 9.53 Å². The van der Waals surface area contributed by atoms with Crippen molar-refractivity contribution in [1.29, 1.82) is 0 Å². The van der Waals surface area contributed by atoms with Gasteiger partial charge in [-0.25, -0.2) is 0 Å². The summed E-state index contributed by atoms with van der Waals surface area (Å²) in [4.78, 5) is 13.6. The lowest BCUT2D eigenvalue weighted by atomic mass is 9.93. The maximum Gasteiger partial charge on any atom is 0.323 e. The van der Waals surface area contributed by atoms with E-state index in [2.05, 4.69) is 17.1 Å². The van der Waals surface area contributed by atoms with Crippen molar-refractivity contribution < 1.29 is 14.6 Å². The fourth-order valence-corrected chi connectivity index (χ4v) is 2.82. The summed E-state index contributed by atoms with van der Waals surface area (Å²) in [5, 5.41) is 12.1. The van der Waals surface area contributed by atoms with Crippen LogP contribution in [0.3, 0.4) is 0 Å². The van der Waals surface area contributed by atoms with Gasteiger partial charge in [-0.2, -0.15) is 0 Å². The van der Waals surface area contributed by atoms with Crippen molar-refractivity contribution in [3.8, 4) is 0 Å². The van der Waals surface area contributed by atoms with Crippen LogP contribution in [-0.4, -0.2) is 60.9 Å². The Labute approximate surface area is 122 Å². The number of nitrogens with one attached hydrogen (secondary N) is 1. The first-order valence-electron chi connectivity index (χ1n) is 7.55. The lowest BCUT2D eigenvalue weighted by Gasteiger charge is -2.39. The van der Waals surface area contributed by atoms with E-state index in [1.165, 1.54) is 6.42 Å². The highest BCUT2D eigenvalue weighted by molar-refractivity contribution is 5.78. The van der Waals surface area contributed by atoms with Gasteiger partial charge in [0.15, 0.2) is 0 Å². The van der Waals surface area contributed by atoms with E-state index in [9.17, 15) is 9.90 Å². The van der Waals surface area contributed by atoms with Crippen molar-refractivity contribution in [2.45, 2.75) is 57.1 Å². The molecule has 20 heavy (non-hydrogen) atoms. The van der Waals surface area contributed by atoms with Crippen LogP contribution in [0.1, 0.15) is 46.0 Å². The monoisotopic (exact) mass is 286 g/mol. The zero-order valence-corrected chi connectivity index (χ0v) is 13.4. The predicted molar refractivity (Wildman–Crippen MR) is 80.0 cm³/mol. The van der Waals surface area contributed by atoms with Crippen LogP contribution in [0.15, 0.2) is 0 Å². The summed E-state index contributed by atoms with van der Waals surface area (Å²) in [7, 11) is 3.50. The molecule has 5 nitrogen and oxygen atoms in total. The van der Waals surface area contributed by atoms with E-state index in [1.807, 2.05) is 0 Å². The van der Waals surface area contributed by atoms with Gasteiger partial charge >= 0.3 is 5.97 Å². The summed E-state index contributed by atoms with van der Waals surface area (Å²) >= 11 is 0. The number of methoxy groups -OCH3 is 1. The Morgan fingerprint density at radius 3 is 2.75 bits per heavy atom. The summed E-state index contributed by atoms with van der Waals surface area (Å²) in [5.74, 6) is -0.773. The lowest BCUT2D eigenvalue weighted by molar-refractivity contribution is -0.144. The molecule has 0 aromatic rings. The van der Waals surface area contributed by atoms with E-state index in [4.69, 9.17) is 4.74 Å². The highest BCUT2D eigenvalue weighted by Crippen LogP contribution is 2.24. The highest BCUT2D eigenvalue weighted by atomic mass is 16.5. The molecule has 0 aromatic heterocycles. The summed E-state index contributed by atoms with van der Waals surface area (Å²) in [6, 6.07) is 0. The molecular formula is C15H30N2O3. The molecule has 0 saturated carbocycles. The first-order valence-corrected chi connectivity index (χ1v) is 7.55. The number of unbranched alkanes of at least 4 members (excludes halogenated alkanes) is 1. The average molecular weight is 286 g/mol. The van der Waals surface area contributed by atoms with E-state index in [0.29, 0.717) is 6.42 Å². The van der Waals surface area contributed by atoms with Crippen molar-refractivity contribution >= 4 is 5.97 Å². The van der Waals surface area contributed by atoms with Crippen LogP contribution in [0.2, 0.25) is 0 Å². The predicted octanol–water partition coefficient (Wildman–Crippen LogP) is 1.72. The summed E-state index contributed by atoms with van der Waals surface area (Å²) < 4.78 is 5.59. The van der Waals surface area contributed by atoms with Crippen LogP contribution in [0, 0.1) is 0 Å². The van der Waals surface area contributed by atoms with E-state index >= 15 is 0 Å². The van der Waals surface area contributed by atoms with Crippen LogP contribution < -0.4 is 5.32 Å². The van der Waals surface area contributed by atoms with Crippen molar-refractivity contribution in [1.82, 2.24) is 10.2 Å². The number of piperidine rings is 1. The van der Waals surface area contributed by atoms with Crippen molar-refractivity contribution in [2.24, 2.45) is 0 Å². The molecule has 1 heterocycles. The van der Waals surface area contributed by atoms with Crippen LogP contribution in [0.4, 0.5) is 0 Å². The summed E-state index contributed by atoms with van der Waals surface area (Å²) in [5.41, 5.74) is -0.818. The normalized spacial score (nSPS) is 27.2. The molecule has 1 saturated heterocycles.